The molecule has 0 unspecified atom stereocenters. The summed E-state index contributed by atoms with van der Waals surface area (Å²) < 4.78 is 1.50. The minimum absolute atomic E-state index is 0.0680. The standard InChI is InChI=1S/C21H30N4O2/c1-15-11-16(2)13-25(12-15)10-6-9-22-21(27)23-19-14-24(3)20(26)18-8-5-4-7-17(18)19/h4-5,7-8,14-16H,6,9-13H2,1-3H3,(H2,22,23,27)/t15-,16+. The topological polar surface area (TPSA) is 66.4 Å². The predicted molar refractivity (Wildman–Crippen MR) is 110 cm³/mol. The molecular formula is C21H30N4O2. The number of urea groups is 1. The van der Waals surface area contributed by atoms with E-state index in [0.29, 0.717) is 17.6 Å². The molecule has 2 amide bonds. The number of amides is 2. The number of nitrogens with one attached hydrogen (secondary N) is 2. The highest BCUT2D eigenvalue weighted by Crippen LogP contribution is 2.21. The summed E-state index contributed by atoms with van der Waals surface area (Å²) in [5.41, 5.74) is 0.574. The lowest BCUT2D eigenvalue weighted by molar-refractivity contribution is 0.140. The first-order chi connectivity index (χ1) is 12.9. The van der Waals surface area contributed by atoms with Gasteiger partial charge in [-0.2, -0.15) is 0 Å². The van der Waals surface area contributed by atoms with E-state index < -0.39 is 0 Å². The van der Waals surface area contributed by atoms with Crippen LogP contribution in [0, 0.1) is 11.8 Å². The van der Waals surface area contributed by atoms with Crippen molar-refractivity contribution < 1.29 is 4.79 Å². The van der Waals surface area contributed by atoms with Crippen molar-refractivity contribution >= 4 is 22.5 Å². The van der Waals surface area contributed by atoms with Crippen LogP contribution in [0.15, 0.2) is 35.3 Å². The fourth-order valence-electron chi connectivity index (χ4n) is 4.16. The van der Waals surface area contributed by atoms with E-state index in [1.54, 1.807) is 19.3 Å². The van der Waals surface area contributed by atoms with E-state index in [9.17, 15) is 9.59 Å². The van der Waals surface area contributed by atoms with E-state index in [1.165, 1.54) is 11.0 Å². The summed E-state index contributed by atoms with van der Waals surface area (Å²) in [6, 6.07) is 7.09. The molecule has 0 bridgehead atoms. The van der Waals surface area contributed by atoms with Crippen LogP contribution in [0.25, 0.3) is 10.8 Å². The maximum Gasteiger partial charge on any atom is 0.319 e. The third-order valence-electron chi connectivity index (χ3n) is 5.22. The Hall–Kier alpha value is -2.34. The molecular weight excluding hydrogens is 340 g/mol. The van der Waals surface area contributed by atoms with Crippen molar-refractivity contribution in [3.8, 4) is 0 Å². The molecule has 1 saturated heterocycles. The molecule has 1 aromatic carbocycles. The van der Waals surface area contributed by atoms with Crippen LogP contribution in [-0.2, 0) is 7.05 Å². The van der Waals surface area contributed by atoms with Gasteiger partial charge in [0.1, 0.15) is 0 Å². The molecule has 1 aromatic heterocycles. The molecule has 2 aromatic rings. The molecule has 27 heavy (non-hydrogen) atoms. The fourth-order valence-corrected chi connectivity index (χ4v) is 4.16. The average molecular weight is 370 g/mol. The van der Waals surface area contributed by atoms with Crippen molar-refractivity contribution in [2.75, 3.05) is 31.5 Å². The number of pyridine rings is 1. The van der Waals surface area contributed by atoms with Crippen LogP contribution >= 0.6 is 0 Å². The molecule has 6 heteroatoms. The monoisotopic (exact) mass is 370 g/mol. The Morgan fingerprint density at radius 1 is 1.15 bits per heavy atom. The van der Waals surface area contributed by atoms with Gasteiger partial charge >= 0.3 is 6.03 Å². The Kier molecular flexibility index (Phi) is 6.16. The van der Waals surface area contributed by atoms with Crippen LogP contribution < -0.4 is 16.2 Å². The van der Waals surface area contributed by atoms with Crippen molar-refractivity contribution in [2.45, 2.75) is 26.7 Å². The largest absolute Gasteiger partial charge is 0.338 e. The highest BCUT2D eigenvalue weighted by atomic mass is 16.2. The molecule has 0 aliphatic carbocycles. The summed E-state index contributed by atoms with van der Waals surface area (Å²) in [7, 11) is 1.69. The molecule has 2 atom stereocenters. The van der Waals surface area contributed by atoms with Gasteiger partial charge in [0.05, 0.1) is 5.69 Å². The third-order valence-corrected chi connectivity index (χ3v) is 5.22. The highest BCUT2D eigenvalue weighted by molar-refractivity contribution is 6.00. The average Bonchev–Trinajstić information content (AvgIpc) is 2.62. The molecule has 3 rings (SSSR count). The minimum Gasteiger partial charge on any atom is -0.338 e. The van der Waals surface area contributed by atoms with Gasteiger partial charge < -0.3 is 20.1 Å². The van der Waals surface area contributed by atoms with Crippen LogP contribution in [0.5, 0.6) is 0 Å². The van der Waals surface area contributed by atoms with Gasteiger partial charge in [-0.1, -0.05) is 32.0 Å². The number of hydrogen-bond acceptors (Lipinski definition) is 3. The number of anilines is 1. The molecule has 0 spiro atoms. The molecule has 0 radical (unpaired) electrons. The first kappa shape index (κ1) is 19.4. The smallest absolute Gasteiger partial charge is 0.319 e. The lowest BCUT2D eigenvalue weighted by Crippen LogP contribution is -2.40. The summed E-state index contributed by atoms with van der Waals surface area (Å²) in [6.45, 7) is 8.57. The first-order valence-corrected chi connectivity index (χ1v) is 9.79. The number of aryl methyl sites for hydroxylation is 1. The summed E-state index contributed by atoms with van der Waals surface area (Å²) in [4.78, 5) is 27.0. The van der Waals surface area contributed by atoms with Gasteiger partial charge in [0.2, 0.25) is 0 Å². The number of rotatable bonds is 5. The summed E-state index contributed by atoms with van der Waals surface area (Å²) >= 11 is 0. The van der Waals surface area contributed by atoms with E-state index in [1.807, 2.05) is 18.2 Å². The van der Waals surface area contributed by atoms with E-state index in [-0.39, 0.29) is 11.6 Å². The Labute approximate surface area is 160 Å². The molecule has 2 heterocycles. The normalized spacial score (nSPS) is 20.6. The number of benzene rings is 1. The molecule has 2 N–H and O–H groups in total. The maximum atomic E-state index is 12.3. The Balaban J connectivity index is 1.52. The second-order valence-electron chi connectivity index (χ2n) is 7.94. The first-order valence-electron chi connectivity index (χ1n) is 9.79. The minimum atomic E-state index is -0.237. The van der Waals surface area contributed by atoms with Crippen LogP contribution in [0.2, 0.25) is 0 Å². The van der Waals surface area contributed by atoms with Crippen molar-refractivity contribution in [1.82, 2.24) is 14.8 Å². The Morgan fingerprint density at radius 3 is 2.52 bits per heavy atom. The third kappa shape index (κ3) is 4.89. The predicted octanol–water partition coefficient (Wildman–Crippen LogP) is 3.03. The maximum absolute atomic E-state index is 12.3. The molecule has 1 aliphatic rings. The van der Waals surface area contributed by atoms with Crippen LogP contribution in [0.1, 0.15) is 26.7 Å². The summed E-state index contributed by atoms with van der Waals surface area (Å²) in [6.07, 6.45) is 3.91. The Morgan fingerprint density at radius 2 is 1.81 bits per heavy atom. The van der Waals surface area contributed by atoms with Crippen LogP contribution in [-0.4, -0.2) is 41.7 Å². The van der Waals surface area contributed by atoms with Crippen LogP contribution in [0.3, 0.4) is 0 Å². The molecule has 1 fully saturated rings. The summed E-state index contributed by atoms with van der Waals surface area (Å²) in [5, 5.41) is 7.17. The van der Waals surface area contributed by atoms with Crippen molar-refractivity contribution in [3.63, 3.8) is 0 Å². The van der Waals surface area contributed by atoms with E-state index in [0.717, 1.165) is 43.3 Å². The molecule has 6 nitrogen and oxygen atoms in total. The van der Waals surface area contributed by atoms with Crippen molar-refractivity contribution in [3.05, 3.63) is 40.8 Å². The van der Waals surface area contributed by atoms with Gasteiger partial charge in [0.25, 0.3) is 5.56 Å². The lowest BCUT2D eigenvalue weighted by atomic mass is 9.92. The number of likely N-dealkylation sites (tertiary alicyclic amines) is 1. The lowest BCUT2D eigenvalue weighted by Gasteiger charge is -2.34. The van der Waals surface area contributed by atoms with Gasteiger partial charge in [-0.05, 0) is 37.3 Å². The second-order valence-corrected chi connectivity index (χ2v) is 7.94. The summed E-state index contributed by atoms with van der Waals surface area (Å²) in [5.74, 6) is 1.51. The fraction of sp³-hybridized carbons (Fsp3) is 0.524. The zero-order valence-electron chi connectivity index (χ0n) is 16.5. The molecule has 146 valence electrons. The number of nitrogens with zero attached hydrogens (tertiary/aromatic N) is 2. The van der Waals surface area contributed by atoms with E-state index >= 15 is 0 Å². The number of hydrogen-bond donors (Lipinski definition) is 2. The van der Waals surface area contributed by atoms with Crippen molar-refractivity contribution in [1.29, 1.82) is 0 Å². The molecule has 0 saturated carbocycles. The van der Waals surface area contributed by atoms with Gasteiger partial charge in [0.15, 0.2) is 0 Å². The van der Waals surface area contributed by atoms with E-state index in [4.69, 9.17) is 0 Å². The highest BCUT2D eigenvalue weighted by Gasteiger charge is 2.21. The van der Waals surface area contributed by atoms with Gasteiger partial charge in [-0.15, -0.1) is 0 Å². The number of carbonyl (C=O) groups is 1. The van der Waals surface area contributed by atoms with E-state index in [2.05, 4.69) is 29.4 Å². The Bertz CT molecular complexity index is 851. The SMILES string of the molecule is C[C@@H]1C[C@H](C)CN(CCCNC(=O)Nc2cn(C)c(=O)c3ccccc23)C1. The zero-order valence-corrected chi connectivity index (χ0v) is 16.5. The number of fused-ring (bicyclic) bond motifs is 1. The number of carbonyl (C=O) groups excluding carboxylic acids is 1. The second kappa shape index (κ2) is 8.57. The van der Waals surface area contributed by atoms with Crippen LogP contribution in [0.4, 0.5) is 10.5 Å². The zero-order chi connectivity index (χ0) is 19.4. The number of piperidine rings is 1. The van der Waals surface area contributed by atoms with Gasteiger partial charge in [-0.25, -0.2) is 4.79 Å². The van der Waals surface area contributed by atoms with Gasteiger partial charge in [-0.3, -0.25) is 4.79 Å². The number of aromatic nitrogens is 1. The molecule has 1 aliphatic heterocycles. The van der Waals surface area contributed by atoms with Crippen molar-refractivity contribution in [2.24, 2.45) is 18.9 Å². The quantitative estimate of drug-likeness (QED) is 0.795. The van der Waals surface area contributed by atoms with Gasteiger partial charge in [0, 0.05) is 43.7 Å².